The number of hydrogen-bond acceptors (Lipinski definition) is 2. The minimum atomic E-state index is -0.589. The van der Waals surface area contributed by atoms with Gasteiger partial charge in [-0.3, -0.25) is 0 Å². The number of carbonyl (C=O) groups excluding carboxylic acids is 1. The highest BCUT2D eigenvalue weighted by atomic mass is 35.5. The van der Waals surface area contributed by atoms with Gasteiger partial charge in [-0.1, -0.05) is 61.2 Å². The van der Waals surface area contributed by atoms with Crippen molar-refractivity contribution in [2.45, 2.75) is 6.42 Å². The molecule has 2 aromatic carbocycles. The van der Waals surface area contributed by atoms with Crippen molar-refractivity contribution in [3.05, 3.63) is 72.3 Å². The molecule has 0 bridgehead atoms. The van der Waals surface area contributed by atoms with Crippen molar-refractivity contribution >= 4 is 17.8 Å². The van der Waals surface area contributed by atoms with Gasteiger partial charge in [0.2, 0.25) is 0 Å². The average molecular weight is 273 g/mol. The zero-order valence-corrected chi connectivity index (χ0v) is 11.1. The van der Waals surface area contributed by atoms with E-state index in [1.807, 2.05) is 42.5 Å². The molecule has 2 rings (SSSR count). The lowest BCUT2D eigenvalue weighted by Gasteiger charge is -2.05. The van der Waals surface area contributed by atoms with Crippen molar-refractivity contribution in [2.24, 2.45) is 0 Å². The summed E-state index contributed by atoms with van der Waals surface area (Å²) in [6, 6.07) is 18.1. The molecule has 0 amide bonds. The fraction of sp³-hybridized carbons (Fsp3) is 0.0625. The van der Waals surface area contributed by atoms with Crippen LogP contribution >= 0.6 is 11.9 Å². The standard InChI is InChI=1S/C16H13ClO2/c1-12(16(18)19-17)11-13-7-9-15(10-8-13)14-5-3-2-4-6-14/h2-10H,1,11H2. The summed E-state index contributed by atoms with van der Waals surface area (Å²) in [5.41, 5.74) is 3.62. The van der Waals surface area contributed by atoms with Crippen LogP contribution in [0.4, 0.5) is 0 Å². The third kappa shape index (κ3) is 3.46. The van der Waals surface area contributed by atoms with E-state index in [-0.39, 0.29) is 0 Å². The van der Waals surface area contributed by atoms with E-state index in [1.165, 1.54) is 0 Å². The number of benzene rings is 2. The van der Waals surface area contributed by atoms with E-state index < -0.39 is 5.97 Å². The van der Waals surface area contributed by atoms with E-state index >= 15 is 0 Å². The Morgan fingerprint density at radius 1 is 1.00 bits per heavy atom. The van der Waals surface area contributed by atoms with Crippen LogP contribution in [0.3, 0.4) is 0 Å². The predicted molar refractivity (Wildman–Crippen MR) is 76.7 cm³/mol. The monoisotopic (exact) mass is 272 g/mol. The lowest BCUT2D eigenvalue weighted by Crippen LogP contribution is -2.03. The van der Waals surface area contributed by atoms with Gasteiger partial charge in [0.15, 0.2) is 0 Å². The molecule has 0 unspecified atom stereocenters. The fourth-order valence-corrected chi connectivity index (χ4v) is 1.93. The van der Waals surface area contributed by atoms with Crippen molar-refractivity contribution in [1.82, 2.24) is 0 Å². The minimum Gasteiger partial charge on any atom is -0.343 e. The van der Waals surface area contributed by atoms with Crippen LogP contribution in [-0.4, -0.2) is 5.97 Å². The molecule has 0 atom stereocenters. The lowest BCUT2D eigenvalue weighted by atomic mass is 10.0. The number of hydrogen-bond donors (Lipinski definition) is 0. The van der Waals surface area contributed by atoms with Crippen LogP contribution in [-0.2, 0) is 15.5 Å². The van der Waals surface area contributed by atoms with Crippen molar-refractivity contribution in [1.29, 1.82) is 0 Å². The minimum absolute atomic E-state index is 0.336. The van der Waals surface area contributed by atoms with Gasteiger partial charge in [0.1, 0.15) is 11.9 Å². The molecule has 19 heavy (non-hydrogen) atoms. The summed E-state index contributed by atoms with van der Waals surface area (Å²) >= 11 is 5.01. The molecule has 0 heterocycles. The molecule has 0 aliphatic carbocycles. The van der Waals surface area contributed by atoms with Crippen molar-refractivity contribution in [3.63, 3.8) is 0 Å². The second-order valence-electron chi connectivity index (χ2n) is 4.21. The van der Waals surface area contributed by atoms with Gasteiger partial charge in [0.25, 0.3) is 0 Å². The van der Waals surface area contributed by atoms with Gasteiger partial charge in [-0.25, -0.2) is 4.79 Å². The van der Waals surface area contributed by atoms with Crippen LogP contribution in [0.5, 0.6) is 0 Å². The maximum atomic E-state index is 11.2. The molecule has 0 aromatic heterocycles. The van der Waals surface area contributed by atoms with Crippen molar-refractivity contribution in [2.75, 3.05) is 0 Å². The van der Waals surface area contributed by atoms with Gasteiger partial charge in [-0.15, -0.1) is 0 Å². The Kier molecular flexibility index (Phi) is 4.37. The quantitative estimate of drug-likeness (QED) is 0.782. The summed E-state index contributed by atoms with van der Waals surface area (Å²) in [6.45, 7) is 3.64. The Hall–Kier alpha value is -2.06. The van der Waals surface area contributed by atoms with Gasteiger partial charge in [-0.05, 0) is 16.7 Å². The Balaban J connectivity index is 2.11. The summed E-state index contributed by atoms with van der Waals surface area (Å²) in [6.07, 6.45) is 0.431. The molecule has 96 valence electrons. The zero-order chi connectivity index (χ0) is 13.7. The third-order valence-corrected chi connectivity index (χ3v) is 2.98. The van der Waals surface area contributed by atoms with E-state index in [9.17, 15) is 4.79 Å². The second-order valence-corrected chi connectivity index (χ2v) is 4.36. The molecular formula is C16H13ClO2. The molecule has 0 spiro atoms. The van der Waals surface area contributed by atoms with Gasteiger partial charge in [-0.2, -0.15) is 0 Å². The lowest BCUT2D eigenvalue weighted by molar-refractivity contribution is -0.129. The van der Waals surface area contributed by atoms with Crippen LogP contribution < -0.4 is 0 Å². The third-order valence-electron chi connectivity index (χ3n) is 2.84. The van der Waals surface area contributed by atoms with E-state index in [2.05, 4.69) is 23.0 Å². The van der Waals surface area contributed by atoms with Crippen LogP contribution in [0, 0.1) is 0 Å². The largest absolute Gasteiger partial charge is 0.351 e. The van der Waals surface area contributed by atoms with Crippen LogP contribution in [0.2, 0.25) is 0 Å². The SMILES string of the molecule is C=C(Cc1ccc(-c2ccccc2)cc1)C(=O)OCl. The maximum absolute atomic E-state index is 11.2. The summed E-state index contributed by atoms with van der Waals surface area (Å²) in [5, 5.41) is 0. The molecule has 0 aliphatic rings. The smallest absolute Gasteiger partial charge is 0.343 e. The highest BCUT2D eigenvalue weighted by Gasteiger charge is 2.08. The van der Waals surface area contributed by atoms with E-state index in [4.69, 9.17) is 11.9 Å². The summed E-state index contributed by atoms with van der Waals surface area (Å²) in [7, 11) is 0. The first-order chi connectivity index (χ1) is 9.20. The highest BCUT2D eigenvalue weighted by molar-refractivity contribution is 6.15. The first-order valence-electron chi connectivity index (χ1n) is 5.86. The first kappa shape index (κ1) is 13.4. The molecule has 0 fully saturated rings. The summed E-state index contributed by atoms with van der Waals surface area (Å²) in [5.74, 6) is -0.589. The average Bonchev–Trinajstić information content (AvgIpc) is 2.48. The number of halogens is 1. The Morgan fingerprint density at radius 2 is 1.58 bits per heavy atom. The molecule has 0 N–H and O–H groups in total. The molecular weight excluding hydrogens is 260 g/mol. The zero-order valence-electron chi connectivity index (χ0n) is 10.3. The molecule has 0 radical (unpaired) electrons. The Morgan fingerprint density at radius 3 is 2.16 bits per heavy atom. The van der Waals surface area contributed by atoms with Crippen LogP contribution in [0.15, 0.2) is 66.7 Å². The molecule has 2 nitrogen and oxygen atoms in total. The fourth-order valence-electron chi connectivity index (χ4n) is 1.82. The first-order valence-corrected chi connectivity index (χ1v) is 6.16. The van der Waals surface area contributed by atoms with Crippen LogP contribution in [0.25, 0.3) is 11.1 Å². The van der Waals surface area contributed by atoms with Gasteiger partial charge in [0.05, 0.1) is 0 Å². The van der Waals surface area contributed by atoms with Gasteiger partial charge < -0.3 is 4.29 Å². The van der Waals surface area contributed by atoms with E-state index in [1.54, 1.807) is 0 Å². The number of carbonyl (C=O) groups is 1. The topological polar surface area (TPSA) is 26.3 Å². The Labute approximate surface area is 117 Å². The molecule has 3 heteroatoms. The molecule has 0 aliphatic heterocycles. The van der Waals surface area contributed by atoms with Crippen molar-refractivity contribution < 1.29 is 9.08 Å². The predicted octanol–water partition coefficient (Wildman–Crippen LogP) is 4.15. The van der Waals surface area contributed by atoms with E-state index in [0.29, 0.717) is 12.0 Å². The van der Waals surface area contributed by atoms with Gasteiger partial charge in [0, 0.05) is 12.0 Å². The molecule has 0 saturated carbocycles. The highest BCUT2D eigenvalue weighted by Crippen LogP contribution is 2.20. The normalized spacial score (nSPS) is 9.95. The summed E-state index contributed by atoms with van der Waals surface area (Å²) in [4.78, 5) is 11.2. The van der Waals surface area contributed by atoms with Crippen molar-refractivity contribution in [3.8, 4) is 11.1 Å². The Bertz CT molecular complexity index is 573. The molecule has 2 aromatic rings. The molecule has 0 saturated heterocycles. The van der Waals surface area contributed by atoms with Crippen LogP contribution in [0.1, 0.15) is 5.56 Å². The second kappa shape index (κ2) is 6.21. The maximum Gasteiger partial charge on any atom is 0.351 e. The van der Waals surface area contributed by atoms with Gasteiger partial charge >= 0.3 is 5.97 Å². The van der Waals surface area contributed by atoms with E-state index in [0.717, 1.165) is 16.7 Å². The summed E-state index contributed by atoms with van der Waals surface area (Å²) < 4.78 is 4.11. The number of rotatable bonds is 4.